The maximum Gasteiger partial charge on any atom is 0.235 e. The van der Waals surface area contributed by atoms with Crippen molar-refractivity contribution in [2.75, 3.05) is 0 Å². The van der Waals surface area contributed by atoms with E-state index < -0.39 is 0 Å². The first kappa shape index (κ1) is 10.2. The van der Waals surface area contributed by atoms with Crippen molar-refractivity contribution in [3.05, 3.63) is 0 Å². The molecule has 0 aliphatic heterocycles. The van der Waals surface area contributed by atoms with Crippen LogP contribution in [-0.4, -0.2) is 17.1 Å². The molecule has 0 aliphatic rings. The van der Waals surface area contributed by atoms with E-state index in [0.717, 1.165) is 0 Å². The van der Waals surface area contributed by atoms with Crippen molar-refractivity contribution in [1.29, 1.82) is 0 Å². The molecule has 0 saturated carbocycles. The zero-order valence-electron chi connectivity index (χ0n) is 6.89. The van der Waals surface area contributed by atoms with Crippen molar-refractivity contribution < 1.29 is 4.79 Å². The van der Waals surface area contributed by atoms with Crippen molar-refractivity contribution in [1.82, 2.24) is 16.2 Å². The minimum absolute atomic E-state index is 0.169. The average molecular weight is 175 g/mol. The van der Waals surface area contributed by atoms with Gasteiger partial charge in [-0.2, -0.15) is 0 Å². The molecule has 0 heterocycles. The van der Waals surface area contributed by atoms with E-state index in [9.17, 15) is 4.79 Å². The van der Waals surface area contributed by atoms with Gasteiger partial charge >= 0.3 is 0 Å². The summed E-state index contributed by atoms with van der Waals surface area (Å²) >= 11 is 4.81. The van der Waals surface area contributed by atoms with Gasteiger partial charge in [0.1, 0.15) is 0 Å². The molecular weight excluding hydrogens is 162 g/mol. The molecular formula is C6H13N3OS. The molecule has 4 nitrogen and oxygen atoms in total. The van der Waals surface area contributed by atoms with Gasteiger partial charge in [0.25, 0.3) is 0 Å². The van der Waals surface area contributed by atoms with Crippen LogP contribution in [-0.2, 0) is 4.79 Å². The average Bonchev–Trinajstić information content (AvgIpc) is 1.82. The molecule has 3 N–H and O–H groups in total. The van der Waals surface area contributed by atoms with Crippen LogP contribution < -0.4 is 16.2 Å². The smallest absolute Gasteiger partial charge is 0.235 e. The molecule has 0 bridgehead atoms. The molecule has 0 radical (unpaired) electrons. The normalized spacial score (nSPS) is 9.09. The maximum atomic E-state index is 10.4. The van der Waals surface area contributed by atoms with Gasteiger partial charge in [0.2, 0.25) is 5.91 Å². The summed E-state index contributed by atoms with van der Waals surface area (Å²) in [5.41, 5.74) is 4.89. The molecule has 0 unspecified atom stereocenters. The molecule has 0 spiro atoms. The van der Waals surface area contributed by atoms with Gasteiger partial charge in [-0.1, -0.05) is 0 Å². The van der Waals surface area contributed by atoms with Crippen LogP contribution in [0.15, 0.2) is 0 Å². The van der Waals surface area contributed by atoms with Crippen LogP contribution in [0.5, 0.6) is 0 Å². The molecule has 0 saturated heterocycles. The molecule has 0 aromatic heterocycles. The lowest BCUT2D eigenvalue weighted by Gasteiger charge is -2.12. The molecule has 0 aliphatic carbocycles. The second-order valence-corrected chi connectivity index (χ2v) is 2.84. The van der Waals surface area contributed by atoms with Crippen molar-refractivity contribution in [2.45, 2.75) is 26.8 Å². The molecule has 0 aromatic carbocycles. The first-order valence-corrected chi connectivity index (χ1v) is 3.76. The van der Waals surface area contributed by atoms with Crippen LogP contribution in [0.25, 0.3) is 0 Å². The maximum absolute atomic E-state index is 10.4. The van der Waals surface area contributed by atoms with Crippen molar-refractivity contribution in [2.24, 2.45) is 0 Å². The van der Waals surface area contributed by atoms with Gasteiger partial charge in [-0.25, -0.2) is 0 Å². The molecule has 0 atom stereocenters. The van der Waals surface area contributed by atoms with Gasteiger partial charge in [-0.05, 0) is 26.1 Å². The molecule has 5 heteroatoms. The van der Waals surface area contributed by atoms with E-state index >= 15 is 0 Å². The quantitative estimate of drug-likeness (QED) is 0.385. The van der Waals surface area contributed by atoms with Crippen molar-refractivity contribution in [3.8, 4) is 0 Å². The van der Waals surface area contributed by atoms with E-state index in [-0.39, 0.29) is 11.9 Å². The minimum Gasteiger partial charge on any atom is -0.359 e. The van der Waals surface area contributed by atoms with Gasteiger partial charge in [-0.15, -0.1) is 0 Å². The Morgan fingerprint density at radius 1 is 1.36 bits per heavy atom. The number of carbonyl (C=O) groups excluding carboxylic acids is 1. The third kappa shape index (κ3) is 7.05. The number of carbonyl (C=O) groups is 1. The van der Waals surface area contributed by atoms with Crippen molar-refractivity contribution in [3.63, 3.8) is 0 Å². The minimum atomic E-state index is -0.169. The van der Waals surface area contributed by atoms with E-state index in [4.69, 9.17) is 12.2 Å². The summed E-state index contributed by atoms with van der Waals surface area (Å²) in [5.74, 6) is -0.169. The fourth-order valence-electron chi connectivity index (χ4n) is 0.443. The highest BCUT2D eigenvalue weighted by atomic mass is 32.1. The van der Waals surface area contributed by atoms with Crippen LogP contribution >= 0.6 is 12.2 Å². The van der Waals surface area contributed by atoms with Gasteiger partial charge < -0.3 is 5.32 Å². The van der Waals surface area contributed by atoms with E-state index in [0.29, 0.717) is 5.11 Å². The first-order valence-electron chi connectivity index (χ1n) is 3.35. The number of thiocarbonyl (C=S) groups is 1. The number of hydrogen-bond donors (Lipinski definition) is 3. The summed E-state index contributed by atoms with van der Waals surface area (Å²) in [6.07, 6.45) is 0. The second-order valence-electron chi connectivity index (χ2n) is 2.43. The Kier molecular flexibility index (Phi) is 4.52. The van der Waals surface area contributed by atoms with Crippen LogP contribution in [0.4, 0.5) is 0 Å². The highest BCUT2D eigenvalue weighted by Gasteiger charge is 1.96. The Morgan fingerprint density at radius 3 is 2.27 bits per heavy atom. The zero-order valence-corrected chi connectivity index (χ0v) is 7.71. The van der Waals surface area contributed by atoms with Crippen molar-refractivity contribution >= 4 is 23.2 Å². The first-order chi connectivity index (χ1) is 5.02. The number of hydrogen-bond acceptors (Lipinski definition) is 2. The standard InChI is InChI=1S/C6H13N3OS/c1-4(2)7-6(11)9-8-5(3)10/h4H,1-3H3,(H,8,10)(H2,7,9,11). The number of amides is 1. The summed E-state index contributed by atoms with van der Waals surface area (Å²) < 4.78 is 0. The SMILES string of the molecule is CC(=O)NNC(=S)NC(C)C. The number of rotatable bonds is 1. The predicted octanol–water partition coefficient (Wildman–Crippen LogP) is -0.0900. The Morgan fingerprint density at radius 2 is 1.91 bits per heavy atom. The molecule has 11 heavy (non-hydrogen) atoms. The van der Waals surface area contributed by atoms with E-state index in [1.807, 2.05) is 13.8 Å². The summed E-state index contributed by atoms with van der Waals surface area (Å²) in [5, 5.41) is 3.33. The van der Waals surface area contributed by atoms with E-state index in [1.54, 1.807) is 0 Å². The van der Waals surface area contributed by atoms with Gasteiger partial charge in [0.05, 0.1) is 0 Å². The van der Waals surface area contributed by atoms with Gasteiger partial charge in [0.15, 0.2) is 5.11 Å². The summed E-state index contributed by atoms with van der Waals surface area (Å²) in [7, 11) is 0. The summed E-state index contributed by atoms with van der Waals surface area (Å²) in [6.45, 7) is 5.33. The predicted molar refractivity (Wildman–Crippen MR) is 47.8 cm³/mol. The lowest BCUT2D eigenvalue weighted by molar-refractivity contribution is -0.119. The highest BCUT2D eigenvalue weighted by Crippen LogP contribution is 1.74. The Balaban J connectivity index is 3.45. The van der Waals surface area contributed by atoms with Crippen LogP contribution in [0.3, 0.4) is 0 Å². The molecule has 64 valence electrons. The summed E-state index contributed by atoms with van der Waals surface area (Å²) in [6, 6.07) is 0.267. The Labute approximate surface area is 71.7 Å². The Hall–Kier alpha value is -0.840. The summed E-state index contributed by atoms with van der Waals surface area (Å²) in [4.78, 5) is 10.4. The monoisotopic (exact) mass is 175 g/mol. The van der Waals surface area contributed by atoms with Crippen LogP contribution in [0.1, 0.15) is 20.8 Å². The second kappa shape index (κ2) is 4.90. The Bertz CT molecular complexity index is 158. The van der Waals surface area contributed by atoms with E-state index in [1.165, 1.54) is 6.92 Å². The van der Waals surface area contributed by atoms with Gasteiger partial charge in [-0.3, -0.25) is 15.6 Å². The number of hydrazine groups is 1. The molecule has 0 fully saturated rings. The topological polar surface area (TPSA) is 53.2 Å². The molecule has 0 aromatic rings. The largest absolute Gasteiger partial charge is 0.359 e. The van der Waals surface area contributed by atoms with Crippen LogP contribution in [0.2, 0.25) is 0 Å². The molecule has 1 amide bonds. The molecule has 0 rings (SSSR count). The third-order valence-electron chi connectivity index (χ3n) is 0.772. The highest BCUT2D eigenvalue weighted by molar-refractivity contribution is 7.80. The van der Waals surface area contributed by atoms with E-state index in [2.05, 4.69) is 16.2 Å². The lowest BCUT2D eigenvalue weighted by atomic mass is 10.4. The number of nitrogens with one attached hydrogen (secondary N) is 3. The fourth-order valence-corrected chi connectivity index (χ4v) is 0.730. The zero-order chi connectivity index (χ0) is 8.85. The fraction of sp³-hybridized carbons (Fsp3) is 0.667. The van der Waals surface area contributed by atoms with Gasteiger partial charge in [0, 0.05) is 13.0 Å². The van der Waals surface area contributed by atoms with Crippen LogP contribution in [0, 0.1) is 0 Å². The lowest BCUT2D eigenvalue weighted by Crippen LogP contribution is -2.47. The third-order valence-corrected chi connectivity index (χ3v) is 0.992.